The molecule has 3 aliphatic heterocycles. The Morgan fingerprint density at radius 3 is 2.31 bits per heavy atom. The molecule has 4 bridgehead atoms. The molecule has 7 atom stereocenters. The summed E-state index contributed by atoms with van der Waals surface area (Å²) in [6.45, 7) is 2.02. The summed E-state index contributed by atoms with van der Waals surface area (Å²) in [7, 11) is 0. The molecular formula is C28H36N4O4. The van der Waals surface area contributed by atoms with E-state index < -0.39 is 12.0 Å². The lowest BCUT2D eigenvalue weighted by Gasteiger charge is -2.55. The van der Waals surface area contributed by atoms with Crippen LogP contribution >= 0.6 is 0 Å². The fraction of sp³-hybridized carbons (Fsp3) is 0.679. The van der Waals surface area contributed by atoms with Gasteiger partial charge in [0, 0.05) is 30.7 Å². The second kappa shape index (κ2) is 8.84. The van der Waals surface area contributed by atoms with Crippen LogP contribution in [0.4, 0.5) is 5.82 Å². The van der Waals surface area contributed by atoms with Crippen LogP contribution in [0.1, 0.15) is 63.8 Å². The van der Waals surface area contributed by atoms with Gasteiger partial charge in [0.1, 0.15) is 6.04 Å². The normalized spacial score (nSPS) is 36.4. The molecule has 2 aliphatic carbocycles. The van der Waals surface area contributed by atoms with Gasteiger partial charge in [-0.25, -0.2) is 9.78 Å². The maximum Gasteiger partial charge on any atom is 0.326 e. The molecule has 0 amide bonds. The highest BCUT2D eigenvalue weighted by molar-refractivity contribution is 5.81. The van der Waals surface area contributed by atoms with E-state index in [2.05, 4.69) is 9.88 Å². The van der Waals surface area contributed by atoms with Crippen molar-refractivity contribution in [2.45, 2.75) is 88.0 Å². The molecule has 1 N–H and O–H groups in total. The summed E-state index contributed by atoms with van der Waals surface area (Å²) in [5.74, 6) is 1.17. The van der Waals surface area contributed by atoms with E-state index in [0.29, 0.717) is 31.1 Å². The highest BCUT2D eigenvalue weighted by Gasteiger charge is 2.46. The van der Waals surface area contributed by atoms with Gasteiger partial charge in [0.2, 0.25) is 0 Å². The Morgan fingerprint density at radius 2 is 1.64 bits per heavy atom. The third kappa shape index (κ3) is 3.67. The molecule has 5 fully saturated rings. The molecule has 2 saturated carbocycles. The predicted molar refractivity (Wildman–Crippen MR) is 136 cm³/mol. The van der Waals surface area contributed by atoms with Crippen molar-refractivity contribution in [3.8, 4) is 0 Å². The summed E-state index contributed by atoms with van der Waals surface area (Å²) in [6.07, 6.45) is 10.6. The van der Waals surface area contributed by atoms with Gasteiger partial charge < -0.3 is 19.3 Å². The Hall–Kier alpha value is -2.45. The largest absolute Gasteiger partial charge is 0.480 e. The van der Waals surface area contributed by atoms with Crippen LogP contribution in [0.5, 0.6) is 0 Å². The summed E-state index contributed by atoms with van der Waals surface area (Å²) in [4.78, 5) is 34.8. The standard InChI is InChI=1S/C28H36N4O4/c33-27-26(30-9-8-25(30)28(34)35)29-23-6-1-2-7-24(23)32(27)20-13-21-15-36-16-22(14-20)31(21)19-11-17-4-3-5-18(10-17)12-19/h1-2,6-7,17-22,25H,3-5,8-16H2,(H,34,35)/t17-,18+,19?,20?,21-,22+,25-/m0/s1. The number of benzene rings is 1. The van der Waals surface area contributed by atoms with Crippen molar-refractivity contribution < 1.29 is 14.6 Å². The van der Waals surface area contributed by atoms with E-state index in [1.54, 1.807) is 4.90 Å². The van der Waals surface area contributed by atoms with E-state index in [1.165, 1.54) is 38.5 Å². The third-order valence-corrected chi connectivity index (χ3v) is 9.80. The van der Waals surface area contributed by atoms with E-state index in [9.17, 15) is 14.7 Å². The lowest BCUT2D eigenvalue weighted by molar-refractivity contribution is -0.140. The SMILES string of the molecule is O=C(O)[C@@H]1CCN1c1nc2ccccc2n(C2C[C@H]3COC[C@@H](C2)N3C2C[C@H]3CCC[C@@H](C2)C3)c1=O. The number of hydrogen-bond donors (Lipinski definition) is 1. The number of carboxylic acids is 1. The first kappa shape index (κ1) is 22.7. The van der Waals surface area contributed by atoms with Gasteiger partial charge in [-0.15, -0.1) is 0 Å². The number of nitrogens with zero attached hydrogens (tertiary/aromatic N) is 4. The summed E-state index contributed by atoms with van der Waals surface area (Å²) >= 11 is 0. The minimum absolute atomic E-state index is 0.0620. The van der Waals surface area contributed by atoms with E-state index in [4.69, 9.17) is 4.74 Å². The quantitative estimate of drug-likeness (QED) is 0.700. The number of carbonyl (C=O) groups is 1. The van der Waals surface area contributed by atoms with Gasteiger partial charge in [-0.3, -0.25) is 9.69 Å². The Labute approximate surface area is 211 Å². The molecule has 2 aromatic rings. The minimum Gasteiger partial charge on any atom is -0.480 e. The Balaban J connectivity index is 1.23. The molecule has 192 valence electrons. The van der Waals surface area contributed by atoms with Crippen molar-refractivity contribution in [1.82, 2.24) is 14.5 Å². The van der Waals surface area contributed by atoms with E-state index in [1.807, 2.05) is 28.8 Å². The number of aliphatic carboxylic acids is 1. The summed E-state index contributed by atoms with van der Waals surface area (Å²) in [5, 5.41) is 9.61. The van der Waals surface area contributed by atoms with Crippen molar-refractivity contribution in [1.29, 1.82) is 0 Å². The smallest absolute Gasteiger partial charge is 0.326 e. The molecule has 4 heterocycles. The summed E-state index contributed by atoms with van der Waals surface area (Å²) < 4.78 is 8.02. The van der Waals surface area contributed by atoms with Crippen LogP contribution in [0, 0.1) is 11.8 Å². The number of piperidine rings is 1. The lowest BCUT2D eigenvalue weighted by Crippen LogP contribution is -2.62. The molecular weight excluding hydrogens is 456 g/mol. The van der Waals surface area contributed by atoms with Gasteiger partial charge in [-0.05, 0) is 62.5 Å². The minimum atomic E-state index is -0.889. The molecule has 0 radical (unpaired) electrons. The van der Waals surface area contributed by atoms with Crippen LogP contribution in [-0.4, -0.2) is 69.5 Å². The first-order valence-electron chi connectivity index (χ1n) is 13.9. The van der Waals surface area contributed by atoms with Crippen LogP contribution < -0.4 is 10.5 Å². The highest BCUT2D eigenvalue weighted by Crippen LogP contribution is 2.45. The molecule has 8 nitrogen and oxygen atoms in total. The van der Waals surface area contributed by atoms with Gasteiger partial charge in [0.15, 0.2) is 5.82 Å². The van der Waals surface area contributed by atoms with E-state index >= 15 is 0 Å². The second-order valence-electron chi connectivity index (χ2n) is 11.9. The van der Waals surface area contributed by atoms with Crippen molar-refractivity contribution in [2.75, 3.05) is 24.7 Å². The van der Waals surface area contributed by atoms with Gasteiger partial charge >= 0.3 is 5.97 Å². The van der Waals surface area contributed by atoms with Crippen LogP contribution in [-0.2, 0) is 9.53 Å². The number of aromatic nitrogens is 2. The number of hydrogen-bond acceptors (Lipinski definition) is 6. The van der Waals surface area contributed by atoms with Crippen LogP contribution in [0.25, 0.3) is 11.0 Å². The topological polar surface area (TPSA) is 87.9 Å². The monoisotopic (exact) mass is 492 g/mol. The molecule has 8 heteroatoms. The number of morpholine rings is 1. The Morgan fingerprint density at radius 1 is 0.917 bits per heavy atom. The number of fused-ring (bicyclic) bond motifs is 5. The summed E-state index contributed by atoms with van der Waals surface area (Å²) in [5.41, 5.74) is 1.46. The third-order valence-electron chi connectivity index (χ3n) is 9.80. The molecule has 36 heavy (non-hydrogen) atoms. The van der Waals surface area contributed by atoms with E-state index in [0.717, 1.165) is 48.9 Å². The van der Waals surface area contributed by atoms with Gasteiger partial charge in [0.25, 0.3) is 5.56 Å². The van der Waals surface area contributed by atoms with Crippen LogP contribution in [0.3, 0.4) is 0 Å². The fourth-order valence-corrected chi connectivity index (χ4v) is 8.25. The Bertz CT molecular complexity index is 1200. The second-order valence-corrected chi connectivity index (χ2v) is 11.9. The van der Waals surface area contributed by atoms with Gasteiger partial charge in [-0.1, -0.05) is 31.4 Å². The van der Waals surface area contributed by atoms with Crippen molar-refractivity contribution in [3.05, 3.63) is 34.6 Å². The molecule has 1 aromatic carbocycles. The lowest BCUT2D eigenvalue weighted by atomic mass is 9.69. The number of anilines is 1. The maximum atomic E-state index is 13.9. The molecule has 7 rings (SSSR count). The summed E-state index contributed by atoms with van der Waals surface area (Å²) in [6, 6.07) is 8.50. The molecule has 2 unspecified atom stereocenters. The van der Waals surface area contributed by atoms with Crippen LogP contribution in [0.15, 0.2) is 29.1 Å². The molecule has 5 aliphatic rings. The Kier molecular flexibility index (Phi) is 5.58. The van der Waals surface area contributed by atoms with Crippen molar-refractivity contribution in [2.24, 2.45) is 11.8 Å². The average molecular weight is 493 g/mol. The molecule has 0 spiro atoms. The van der Waals surface area contributed by atoms with E-state index in [-0.39, 0.29) is 17.4 Å². The van der Waals surface area contributed by atoms with Gasteiger partial charge in [0.05, 0.1) is 24.2 Å². The average Bonchev–Trinajstić information content (AvgIpc) is 2.82. The van der Waals surface area contributed by atoms with Crippen LogP contribution in [0.2, 0.25) is 0 Å². The first-order chi connectivity index (χ1) is 17.6. The first-order valence-corrected chi connectivity index (χ1v) is 13.9. The zero-order valence-electron chi connectivity index (χ0n) is 20.8. The van der Waals surface area contributed by atoms with Crippen molar-refractivity contribution in [3.63, 3.8) is 0 Å². The predicted octanol–water partition coefficient (Wildman–Crippen LogP) is 3.43. The maximum absolute atomic E-state index is 13.9. The molecule has 3 saturated heterocycles. The number of para-hydroxylation sites is 2. The molecule has 1 aromatic heterocycles. The number of rotatable bonds is 4. The number of ether oxygens (including phenoxy) is 1. The zero-order valence-corrected chi connectivity index (χ0v) is 20.8. The van der Waals surface area contributed by atoms with Crippen molar-refractivity contribution >= 4 is 22.8 Å². The van der Waals surface area contributed by atoms with Gasteiger partial charge in [-0.2, -0.15) is 0 Å². The number of carboxylic acid groups (broad SMARTS) is 1. The highest BCUT2D eigenvalue weighted by atomic mass is 16.5. The fourth-order valence-electron chi connectivity index (χ4n) is 8.25. The zero-order chi connectivity index (χ0) is 24.4.